The van der Waals surface area contributed by atoms with Crippen LogP contribution in [0.15, 0.2) is 0 Å². The number of hydrogen-bond donors (Lipinski definition) is 0. The molecular formula is C10H22O4Si. The maximum atomic E-state index is 5.74. The van der Waals surface area contributed by atoms with E-state index >= 15 is 0 Å². The van der Waals surface area contributed by atoms with Gasteiger partial charge in [-0.05, 0) is 27.3 Å². The van der Waals surface area contributed by atoms with Crippen molar-refractivity contribution in [3.05, 3.63) is 0 Å². The van der Waals surface area contributed by atoms with Crippen LogP contribution in [0.4, 0.5) is 0 Å². The molecule has 15 heavy (non-hydrogen) atoms. The number of ether oxygens (including phenoxy) is 2. The van der Waals surface area contributed by atoms with Gasteiger partial charge in [0.05, 0.1) is 18.9 Å². The summed E-state index contributed by atoms with van der Waals surface area (Å²) in [6, 6.07) is 0. The molecule has 0 aromatic carbocycles. The highest BCUT2D eigenvalue weighted by molar-refractivity contribution is 6.67. The molecule has 1 aliphatic heterocycles. The fourth-order valence-electron chi connectivity index (χ4n) is 1.42. The Morgan fingerprint density at radius 2 is 1.87 bits per heavy atom. The molecule has 1 aliphatic rings. The van der Waals surface area contributed by atoms with Crippen LogP contribution in [0.25, 0.3) is 0 Å². The summed E-state index contributed by atoms with van der Waals surface area (Å²) in [5, 5.41) is 0. The van der Waals surface area contributed by atoms with Gasteiger partial charge in [-0.2, -0.15) is 0 Å². The van der Waals surface area contributed by atoms with E-state index in [1.54, 1.807) is 0 Å². The lowest BCUT2D eigenvalue weighted by atomic mass is 10.5. The largest absolute Gasteiger partial charge is 0.393 e. The van der Waals surface area contributed by atoms with Crippen molar-refractivity contribution in [2.24, 2.45) is 0 Å². The first kappa shape index (κ1) is 13.1. The van der Waals surface area contributed by atoms with Crippen LogP contribution >= 0.6 is 0 Å². The van der Waals surface area contributed by atoms with Crippen molar-refractivity contribution >= 4 is 8.56 Å². The Morgan fingerprint density at radius 1 is 1.33 bits per heavy atom. The second-order valence-electron chi connectivity index (χ2n) is 3.81. The first-order chi connectivity index (χ1) is 7.12. The Bertz CT molecular complexity index is 178. The summed E-state index contributed by atoms with van der Waals surface area (Å²) in [4.78, 5) is 0. The van der Waals surface area contributed by atoms with Crippen molar-refractivity contribution in [3.8, 4) is 0 Å². The Balaban J connectivity index is 2.36. The molecule has 1 rings (SSSR count). The standard InChI is InChI=1S/C10H22O4Si/c1-5-13-15(4,14-6-2)9(3)11-7-10-8-12-10/h9-10H,5-8H2,1-4H3. The lowest BCUT2D eigenvalue weighted by Crippen LogP contribution is -2.51. The quantitative estimate of drug-likeness (QED) is 0.471. The van der Waals surface area contributed by atoms with Crippen molar-refractivity contribution in [2.75, 3.05) is 26.4 Å². The summed E-state index contributed by atoms with van der Waals surface area (Å²) in [7, 11) is -2.17. The average Bonchev–Trinajstić information content (AvgIpc) is 2.98. The van der Waals surface area contributed by atoms with Gasteiger partial charge in [0.15, 0.2) is 0 Å². The Morgan fingerprint density at radius 3 is 2.27 bits per heavy atom. The summed E-state index contributed by atoms with van der Waals surface area (Å²) >= 11 is 0. The zero-order valence-corrected chi connectivity index (χ0v) is 11.1. The molecule has 0 saturated carbocycles. The van der Waals surface area contributed by atoms with E-state index in [1.807, 2.05) is 20.8 Å². The number of rotatable bonds is 8. The molecule has 1 fully saturated rings. The third-order valence-electron chi connectivity index (χ3n) is 2.53. The van der Waals surface area contributed by atoms with Crippen LogP contribution < -0.4 is 0 Å². The molecule has 1 saturated heterocycles. The third kappa shape index (κ3) is 4.20. The molecule has 4 nitrogen and oxygen atoms in total. The van der Waals surface area contributed by atoms with Gasteiger partial charge in [-0.25, -0.2) is 0 Å². The Kier molecular flexibility index (Phi) is 5.21. The fourth-order valence-corrected chi connectivity index (χ4v) is 3.51. The van der Waals surface area contributed by atoms with Gasteiger partial charge >= 0.3 is 8.56 Å². The number of hydrogen-bond acceptors (Lipinski definition) is 4. The molecule has 2 atom stereocenters. The van der Waals surface area contributed by atoms with Crippen molar-refractivity contribution in [3.63, 3.8) is 0 Å². The van der Waals surface area contributed by atoms with Gasteiger partial charge in [0.25, 0.3) is 0 Å². The van der Waals surface area contributed by atoms with Crippen LogP contribution in [0.3, 0.4) is 0 Å². The molecule has 0 amide bonds. The van der Waals surface area contributed by atoms with Crippen LogP contribution in [-0.2, 0) is 18.3 Å². The van der Waals surface area contributed by atoms with Crippen LogP contribution in [0, 0.1) is 0 Å². The zero-order valence-electron chi connectivity index (χ0n) is 10.1. The monoisotopic (exact) mass is 234 g/mol. The predicted octanol–water partition coefficient (Wildman–Crippen LogP) is 1.47. The first-order valence-corrected chi connectivity index (χ1v) is 8.02. The highest BCUT2D eigenvalue weighted by atomic mass is 28.4. The fraction of sp³-hybridized carbons (Fsp3) is 1.00. The van der Waals surface area contributed by atoms with Gasteiger partial charge < -0.3 is 18.3 Å². The molecule has 0 bridgehead atoms. The maximum Gasteiger partial charge on any atom is 0.364 e. The third-order valence-corrected chi connectivity index (χ3v) is 5.90. The maximum absolute atomic E-state index is 5.74. The van der Waals surface area contributed by atoms with Crippen molar-refractivity contribution in [2.45, 2.75) is 39.1 Å². The summed E-state index contributed by atoms with van der Waals surface area (Å²) in [5.41, 5.74) is 0.0431. The number of epoxide rings is 1. The van der Waals surface area contributed by atoms with Crippen LogP contribution in [0.1, 0.15) is 20.8 Å². The molecule has 0 aliphatic carbocycles. The van der Waals surface area contributed by atoms with Gasteiger partial charge in [0, 0.05) is 13.2 Å². The molecule has 90 valence electrons. The van der Waals surface area contributed by atoms with E-state index < -0.39 is 8.56 Å². The topological polar surface area (TPSA) is 40.2 Å². The van der Waals surface area contributed by atoms with E-state index in [4.69, 9.17) is 18.3 Å². The SMILES string of the molecule is CCO[Si](C)(OCC)C(C)OCC1CO1. The minimum absolute atomic E-state index is 0.0431. The van der Waals surface area contributed by atoms with E-state index in [9.17, 15) is 0 Å². The normalized spacial score (nSPS) is 22.8. The van der Waals surface area contributed by atoms with E-state index in [1.165, 1.54) is 0 Å². The smallest absolute Gasteiger partial charge is 0.364 e. The summed E-state index contributed by atoms with van der Waals surface area (Å²) in [5.74, 6) is 0. The van der Waals surface area contributed by atoms with Gasteiger partial charge in [0.2, 0.25) is 0 Å². The minimum Gasteiger partial charge on any atom is -0.393 e. The molecule has 0 aromatic rings. The van der Waals surface area contributed by atoms with Crippen LogP contribution in [0.5, 0.6) is 0 Å². The second kappa shape index (κ2) is 5.96. The Hall–Kier alpha value is 0.0569. The van der Waals surface area contributed by atoms with Gasteiger partial charge in [-0.15, -0.1) is 0 Å². The summed E-state index contributed by atoms with van der Waals surface area (Å²) in [6.07, 6.45) is 0.300. The van der Waals surface area contributed by atoms with Gasteiger partial charge in [0.1, 0.15) is 6.10 Å². The van der Waals surface area contributed by atoms with Crippen LogP contribution in [0.2, 0.25) is 6.55 Å². The van der Waals surface area contributed by atoms with E-state index in [2.05, 4.69) is 6.55 Å². The van der Waals surface area contributed by atoms with Crippen molar-refractivity contribution in [1.29, 1.82) is 0 Å². The molecule has 2 unspecified atom stereocenters. The lowest BCUT2D eigenvalue weighted by molar-refractivity contribution is 0.0501. The molecule has 0 N–H and O–H groups in total. The predicted molar refractivity (Wildman–Crippen MR) is 60.0 cm³/mol. The molecule has 0 radical (unpaired) electrons. The van der Waals surface area contributed by atoms with Crippen LogP contribution in [-0.4, -0.2) is 46.8 Å². The van der Waals surface area contributed by atoms with E-state index in [0.717, 1.165) is 6.61 Å². The van der Waals surface area contributed by atoms with Gasteiger partial charge in [-0.3, -0.25) is 0 Å². The van der Waals surface area contributed by atoms with Gasteiger partial charge in [-0.1, -0.05) is 0 Å². The molecular weight excluding hydrogens is 212 g/mol. The second-order valence-corrected chi connectivity index (χ2v) is 7.24. The zero-order chi connectivity index (χ0) is 11.3. The van der Waals surface area contributed by atoms with E-state index in [-0.39, 0.29) is 5.73 Å². The average molecular weight is 234 g/mol. The lowest BCUT2D eigenvalue weighted by Gasteiger charge is -2.31. The molecule has 0 aromatic heterocycles. The highest BCUT2D eigenvalue weighted by Gasteiger charge is 2.40. The molecule has 5 heteroatoms. The molecule has 0 spiro atoms. The minimum atomic E-state index is -2.17. The highest BCUT2D eigenvalue weighted by Crippen LogP contribution is 2.18. The first-order valence-electron chi connectivity index (χ1n) is 5.63. The summed E-state index contributed by atoms with van der Waals surface area (Å²) < 4.78 is 22.3. The van der Waals surface area contributed by atoms with Crippen molar-refractivity contribution < 1.29 is 18.3 Å². The Labute approximate surface area is 93.1 Å². The molecule has 1 heterocycles. The van der Waals surface area contributed by atoms with Crippen molar-refractivity contribution in [1.82, 2.24) is 0 Å². The summed E-state index contributed by atoms with van der Waals surface area (Å²) in [6.45, 7) is 10.9. The van der Waals surface area contributed by atoms with E-state index in [0.29, 0.717) is 25.9 Å².